The number of benzene rings is 2. The van der Waals surface area contributed by atoms with E-state index in [1.807, 2.05) is 24.3 Å². The topological polar surface area (TPSA) is 13.6 Å². The summed E-state index contributed by atoms with van der Waals surface area (Å²) in [6.07, 6.45) is 0. The van der Waals surface area contributed by atoms with Gasteiger partial charge in [0.25, 0.3) is 0 Å². The monoisotopic (exact) mass is 273 g/mol. The highest BCUT2D eigenvalue weighted by Crippen LogP contribution is 2.25. The van der Waals surface area contributed by atoms with Gasteiger partial charge >= 0.3 is 0 Å². The third-order valence-corrected chi connectivity index (χ3v) is 2.54. The highest BCUT2D eigenvalue weighted by molar-refractivity contribution is 9.10. The number of halogens is 1. The van der Waals surface area contributed by atoms with Gasteiger partial charge in [-0.15, -0.1) is 0 Å². The zero-order valence-electron chi connectivity index (χ0n) is 8.35. The Hall–Kier alpha value is -1.79. The van der Waals surface area contributed by atoms with E-state index in [1.165, 1.54) is 0 Å². The molecular weight excluding hydrogens is 266 g/mol. The number of rotatable bonds is 2. The first-order chi connectivity index (χ1) is 7.78. The van der Waals surface area contributed by atoms with Crippen LogP contribution in [0.4, 0.5) is 5.69 Å². The molecule has 2 aromatic carbocycles. The third-order valence-electron chi connectivity index (χ3n) is 2.02. The number of ether oxygens (including phenoxy) is 1. The fourth-order valence-electron chi connectivity index (χ4n) is 1.23. The van der Waals surface area contributed by atoms with Gasteiger partial charge in [0.15, 0.2) is 5.69 Å². The predicted octanol–water partition coefficient (Wildman–Crippen LogP) is 4.79. The maximum Gasteiger partial charge on any atom is 0.187 e. The van der Waals surface area contributed by atoms with Crippen molar-refractivity contribution in [3.63, 3.8) is 0 Å². The molecule has 0 spiro atoms. The molecule has 0 radical (unpaired) electrons. The van der Waals surface area contributed by atoms with E-state index in [1.54, 1.807) is 24.3 Å². The highest BCUT2D eigenvalue weighted by Gasteiger charge is 1.97. The van der Waals surface area contributed by atoms with Crippen molar-refractivity contribution in [2.24, 2.45) is 0 Å². The number of hydrogen-bond acceptors (Lipinski definition) is 1. The Labute approximate surface area is 102 Å². The molecule has 0 heterocycles. The molecule has 3 heteroatoms. The largest absolute Gasteiger partial charge is 0.457 e. The van der Waals surface area contributed by atoms with Crippen LogP contribution in [0, 0.1) is 6.57 Å². The molecule has 16 heavy (non-hydrogen) atoms. The van der Waals surface area contributed by atoms with E-state index < -0.39 is 0 Å². The summed E-state index contributed by atoms with van der Waals surface area (Å²) in [4.78, 5) is 3.32. The van der Waals surface area contributed by atoms with Crippen molar-refractivity contribution in [3.05, 3.63) is 64.4 Å². The van der Waals surface area contributed by atoms with Gasteiger partial charge in [0, 0.05) is 4.47 Å². The van der Waals surface area contributed by atoms with Gasteiger partial charge in [-0.25, -0.2) is 4.85 Å². The summed E-state index contributed by atoms with van der Waals surface area (Å²) >= 11 is 3.36. The first kappa shape index (κ1) is 10.7. The summed E-state index contributed by atoms with van der Waals surface area (Å²) in [6.45, 7) is 6.84. The van der Waals surface area contributed by atoms with Crippen LogP contribution in [0.3, 0.4) is 0 Å². The molecule has 0 fully saturated rings. The lowest BCUT2D eigenvalue weighted by atomic mass is 10.3. The van der Waals surface area contributed by atoms with E-state index in [-0.39, 0.29) is 0 Å². The molecule has 2 aromatic rings. The molecule has 0 saturated carbocycles. The molecule has 2 rings (SSSR count). The molecule has 0 bridgehead atoms. The van der Waals surface area contributed by atoms with Crippen LogP contribution in [0.25, 0.3) is 4.85 Å². The maximum absolute atomic E-state index is 6.84. The zero-order valence-corrected chi connectivity index (χ0v) is 9.94. The van der Waals surface area contributed by atoms with E-state index in [4.69, 9.17) is 11.3 Å². The summed E-state index contributed by atoms with van der Waals surface area (Å²) < 4.78 is 6.63. The fraction of sp³-hybridized carbons (Fsp3) is 0. The highest BCUT2D eigenvalue weighted by atomic mass is 79.9. The van der Waals surface area contributed by atoms with Crippen molar-refractivity contribution >= 4 is 21.6 Å². The fourth-order valence-corrected chi connectivity index (χ4v) is 1.49. The summed E-state index contributed by atoms with van der Waals surface area (Å²) in [5, 5.41) is 0. The molecule has 0 saturated heterocycles. The van der Waals surface area contributed by atoms with Crippen LogP contribution in [0.15, 0.2) is 53.0 Å². The summed E-state index contributed by atoms with van der Waals surface area (Å²) in [5.74, 6) is 1.51. The lowest BCUT2D eigenvalue weighted by Gasteiger charge is -2.05. The molecule has 0 aliphatic carbocycles. The minimum Gasteiger partial charge on any atom is -0.457 e. The Bertz CT molecular complexity index is 511. The molecule has 0 amide bonds. The van der Waals surface area contributed by atoms with Crippen molar-refractivity contribution in [2.75, 3.05) is 0 Å². The molecule has 0 aromatic heterocycles. The molecule has 2 nitrogen and oxygen atoms in total. The Morgan fingerprint density at radius 1 is 0.875 bits per heavy atom. The Morgan fingerprint density at radius 2 is 1.38 bits per heavy atom. The van der Waals surface area contributed by atoms with Crippen LogP contribution < -0.4 is 4.74 Å². The Morgan fingerprint density at radius 3 is 1.88 bits per heavy atom. The summed E-state index contributed by atoms with van der Waals surface area (Å²) in [6, 6.07) is 14.7. The molecule has 0 N–H and O–H groups in total. The summed E-state index contributed by atoms with van der Waals surface area (Å²) in [5.41, 5.74) is 0.614. The lowest BCUT2D eigenvalue weighted by molar-refractivity contribution is 0.482. The van der Waals surface area contributed by atoms with E-state index >= 15 is 0 Å². The SMILES string of the molecule is [C-]#[N+]c1ccc(Oc2ccc(Br)cc2)cc1. The first-order valence-corrected chi connectivity index (χ1v) is 5.48. The predicted molar refractivity (Wildman–Crippen MR) is 66.9 cm³/mol. The second-order valence-corrected chi connectivity index (χ2v) is 4.08. The first-order valence-electron chi connectivity index (χ1n) is 4.69. The van der Waals surface area contributed by atoms with Gasteiger partial charge in [-0.1, -0.05) is 28.1 Å². The minimum atomic E-state index is 0.614. The van der Waals surface area contributed by atoms with Gasteiger partial charge in [-0.05, 0) is 36.4 Å². The molecule has 0 aliphatic rings. The Balaban J connectivity index is 2.15. The molecular formula is C13H8BrNO. The van der Waals surface area contributed by atoms with Gasteiger partial charge in [0.1, 0.15) is 11.5 Å². The minimum absolute atomic E-state index is 0.614. The smallest absolute Gasteiger partial charge is 0.187 e. The average molecular weight is 274 g/mol. The third kappa shape index (κ3) is 2.62. The molecule has 0 unspecified atom stereocenters. The van der Waals surface area contributed by atoms with Gasteiger partial charge in [-0.3, -0.25) is 0 Å². The van der Waals surface area contributed by atoms with Crippen LogP contribution in [-0.4, -0.2) is 0 Å². The summed E-state index contributed by atoms with van der Waals surface area (Å²) in [7, 11) is 0. The van der Waals surface area contributed by atoms with Crippen molar-refractivity contribution in [1.82, 2.24) is 0 Å². The van der Waals surface area contributed by atoms with Crippen LogP contribution in [-0.2, 0) is 0 Å². The quantitative estimate of drug-likeness (QED) is 0.718. The zero-order chi connectivity index (χ0) is 11.4. The van der Waals surface area contributed by atoms with Gasteiger partial charge in [0.2, 0.25) is 0 Å². The standard InChI is InChI=1S/C13H8BrNO/c1-15-11-4-8-13(9-5-11)16-12-6-2-10(14)3-7-12/h2-9H. The lowest BCUT2D eigenvalue weighted by Crippen LogP contribution is -1.82. The van der Waals surface area contributed by atoms with E-state index in [0.29, 0.717) is 5.69 Å². The molecule has 0 atom stereocenters. The van der Waals surface area contributed by atoms with Crippen LogP contribution in [0.1, 0.15) is 0 Å². The molecule has 0 aliphatic heterocycles. The Kier molecular flexibility index (Phi) is 3.23. The van der Waals surface area contributed by atoms with Gasteiger partial charge < -0.3 is 4.74 Å². The normalized spacial score (nSPS) is 9.50. The van der Waals surface area contributed by atoms with E-state index in [9.17, 15) is 0 Å². The van der Waals surface area contributed by atoms with Crippen LogP contribution in [0.2, 0.25) is 0 Å². The second kappa shape index (κ2) is 4.82. The van der Waals surface area contributed by atoms with Crippen LogP contribution in [0.5, 0.6) is 11.5 Å². The van der Waals surface area contributed by atoms with E-state index in [2.05, 4.69) is 20.8 Å². The average Bonchev–Trinajstić information content (AvgIpc) is 2.33. The van der Waals surface area contributed by atoms with E-state index in [0.717, 1.165) is 16.0 Å². The second-order valence-electron chi connectivity index (χ2n) is 3.16. The van der Waals surface area contributed by atoms with Crippen LogP contribution >= 0.6 is 15.9 Å². The maximum atomic E-state index is 6.84. The van der Waals surface area contributed by atoms with Crippen molar-refractivity contribution in [1.29, 1.82) is 0 Å². The van der Waals surface area contributed by atoms with Crippen molar-refractivity contribution in [2.45, 2.75) is 0 Å². The molecule has 78 valence electrons. The van der Waals surface area contributed by atoms with Gasteiger partial charge in [-0.2, -0.15) is 0 Å². The van der Waals surface area contributed by atoms with Gasteiger partial charge in [0.05, 0.1) is 6.57 Å². The number of nitrogens with zero attached hydrogens (tertiary/aromatic N) is 1. The van der Waals surface area contributed by atoms with Crippen molar-refractivity contribution < 1.29 is 4.74 Å². The number of hydrogen-bond donors (Lipinski definition) is 0. The van der Waals surface area contributed by atoms with Crippen molar-refractivity contribution in [3.8, 4) is 11.5 Å².